The van der Waals surface area contributed by atoms with Crippen molar-refractivity contribution in [2.45, 2.75) is 51.2 Å². The number of likely N-dealkylation sites (tertiary alicyclic amines) is 1. The lowest BCUT2D eigenvalue weighted by Gasteiger charge is -2.39. The summed E-state index contributed by atoms with van der Waals surface area (Å²) < 4.78 is 6.23. The molecular formula is C45H44Cl2N10O7. The van der Waals surface area contributed by atoms with E-state index in [9.17, 15) is 28.8 Å². The van der Waals surface area contributed by atoms with Crippen LogP contribution in [0, 0.1) is 5.92 Å². The van der Waals surface area contributed by atoms with Gasteiger partial charge in [-0.05, 0) is 74.6 Å². The number of aromatic amines is 1. The van der Waals surface area contributed by atoms with Crippen LogP contribution in [0.15, 0.2) is 67.1 Å². The molecule has 3 saturated heterocycles. The third kappa shape index (κ3) is 8.32. The second kappa shape index (κ2) is 17.9. The average molecular weight is 908 g/mol. The van der Waals surface area contributed by atoms with E-state index in [0.29, 0.717) is 79.0 Å². The zero-order valence-electron chi connectivity index (χ0n) is 34.8. The van der Waals surface area contributed by atoms with Crippen LogP contribution >= 0.6 is 23.2 Å². The number of amides is 7. The first-order valence-electron chi connectivity index (χ1n) is 21.2. The largest absolute Gasteiger partial charge is 0.486 e. The van der Waals surface area contributed by atoms with Crippen LogP contribution < -0.4 is 20.3 Å². The molecule has 2 aromatic carbocycles. The van der Waals surface area contributed by atoms with Gasteiger partial charge in [0.15, 0.2) is 0 Å². The minimum Gasteiger partial charge on any atom is -0.486 e. The molecule has 64 heavy (non-hydrogen) atoms. The van der Waals surface area contributed by atoms with E-state index in [0.717, 1.165) is 32.9 Å². The molecule has 0 bridgehead atoms. The maximum absolute atomic E-state index is 13.6. The highest BCUT2D eigenvalue weighted by Gasteiger charge is 2.45. The van der Waals surface area contributed by atoms with E-state index in [-0.39, 0.29) is 54.8 Å². The first kappa shape index (κ1) is 42.7. The van der Waals surface area contributed by atoms with Crippen molar-refractivity contribution in [3.63, 3.8) is 0 Å². The number of ether oxygens (including phenoxy) is 1. The van der Waals surface area contributed by atoms with Crippen molar-refractivity contribution in [1.82, 2.24) is 45.5 Å². The molecule has 3 N–H and O–H groups in total. The molecular weight excluding hydrogens is 863 g/mol. The van der Waals surface area contributed by atoms with E-state index >= 15 is 0 Å². The topological polar surface area (TPSA) is 203 Å². The Labute approximate surface area is 377 Å². The SMILES string of the molecule is C[C@@H](Oc1ccc2[nH]nc(-c3ccc(N4CCN(C(=O)C5CCN(C(=O)NCCc6cccc7c6C(=O)N(C6CCC(=O)NC6=O)C7=O)CC5)CC4)nc3)c2c1)c1c(Cl)cncc1Cl. The molecule has 9 rings (SSSR count). The number of hydrogen-bond acceptors (Lipinski definition) is 11. The van der Waals surface area contributed by atoms with Gasteiger partial charge in [-0.1, -0.05) is 35.3 Å². The molecule has 19 heteroatoms. The molecule has 17 nitrogen and oxygen atoms in total. The van der Waals surface area contributed by atoms with Gasteiger partial charge in [-0.15, -0.1) is 0 Å². The maximum atomic E-state index is 13.6. The van der Waals surface area contributed by atoms with Gasteiger partial charge in [0.1, 0.15) is 29.4 Å². The van der Waals surface area contributed by atoms with Gasteiger partial charge < -0.3 is 24.8 Å². The van der Waals surface area contributed by atoms with Crippen LogP contribution in [0.4, 0.5) is 10.6 Å². The van der Waals surface area contributed by atoms with Gasteiger partial charge in [0, 0.05) is 93.3 Å². The fraction of sp³-hybridized carbons (Fsp3) is 0.356. The average Bonchev–Trinajstić information content (AvgIpc) is 3.83. The Morgan fingerprint density at radius 2 is 1.66 bits per heavy atom. The summed E-state index contributed by atoms with van der Waals surface area (Å²) in [4.78, 5) is 93.0. The molecule has 7 heterocycles. The van der Waals surface area contributed by atoms with E-state index in [1.54, 1.807) is 29.3 Å². The van der Waals surface area contributed by atoms with Gasteiger partial charge in [-0.2, -0.15) is 5.10 Å². The number of hydrogen-bond donors (Lipinski definition) is 3. The molecule has 3 fully saturated rings. The van der Waals surface area contributed by atoms with Crippen molar-refractivity contribution in [1.29, 1.82) is 0 Å². The Morgan fingerprint density at radius 3 is 2.38 bits per heavy atom. The highest BCUT2D eigenvalue weighted by atomic mass is 35.5. The number of nitrogens with zero attached hydrogens (tertiary/aromatic N) is 7. The van der Waals surface area contributed by atoms with Crippen LogP contribution in [-0.4, -0.2) is 122 Å². The van der Waals surface area contributed by atoms with Gasteiger partial charge in [-0.3, -0.25) is 44.3 Å². The summed E-state index contributed by atoms with van der Waals surface area (Å²) in [6.45, 7) is 5.35. The fourth-order valence-electron chi connectivity index (χ4n) is 9.03. The normalized spacial score (nSPS) is 18.6. The second-order valence-corrected chi connectivity index (χ2v) is 17.1. The van der Waals surface area contributed by atoms with E-state index in [4.69, 9.17) is 32.9 Å². The molecule has 330 valence electrons. The number of piperidine rings is 2. The van der Waals surface area contributed by atoms with Gasteiger partial charge in [0.05, 0.1) is 26.7 Å². The summed E-state index contributed by atoms with van der Waals surface area (Å²) >= 11 is 12.7. The number of urea groups is 1. The van der Waals surface area contributed by atoms with Crippen molar-refractivity contribution in [3.05, 3.63) is 99.4 Å². The number of carbonyl (C=O) groups excluding carboxylic acids is 6. The minimum absolute atomic E-state index is 0.0372. The molecule has 0 saturated carbocycles. The molecule has 5 aromatic rings. The van der Waals surface area contributed by atoms with E-state index in [1.807, 2.05) is 42.2 Å². The third-order valence-corrected chi connectivity index (χ3v) is 13.0. The number of rotatable bonds is 10. The molecule has 7 amide bonds. The Bertz CT molecular complexity index is 2660. The van der Waals surface area contributed by atoms with E-state index < -0.39 is 35.8 Å². The molecule has 0 spiro atoms. The third-order valence-electron chi connectivity index (χ3n) is 12.4. The number of halogens is 2. The first-order valence-corrected chi connectivity index (χ1v) is 22.0. The number of imide groups is 2. The van der Waals surface area contributed by atoms with Crippen molar-refractivity contribution >= 4 is 75.5 Å². The summed E-state index contributed by atoms with van der Waals surface area (Å²) in [5.74, 6) is -0.901. The lowest BCUT2D eigenvalue weighted by atomic mass is 9.95. The predicted molar refractivity (Wildman–Crippen MR) is 236 cm³/mol. The summed E-state index contributed by atoms with van der Waals surface area (Å²) in [5, 5.41) is 14.5. The second-order valence-electron chi connectivity index (χ2n) is 16.3. The Hall–Kier alpha value is -6.59. The van der Waals surface area contributed by atoms with Crippen molar-refractivity contribution in [2.24, 2.45) is 5.92 Å². The number of nitrogens with one attached hydrogen (secondary N) is 3. The molecule has 0 aliphatic carbocycles. The predicted octanol–water partition coefficient (Wildman–Crippen LogP) is 5.18. The molecule has 0 radical (unpaired) electrons. The van der Waals surface area contributed by atoms with Crippen molar-refractivity contribution in [3.8, 4) is 17.0 Å². The fourth-order valence-corrected chi connectivity index (χ4v) is 9.70. The van der Waals surface area contributed by atoms with Gasteiger partial charge in [0.25, 0.3) is 11.8 Å². The number of pyridine rings is 2. The van der Waals surface area contributed by atoms with Gasteiger partial charge in [0.2, 0.25) is 17.7 Å². The summed E-state index contributed by atoms with van der Waals surface area (Å²) in [6.07, 6.45) is 5.96. The standard InChI is InChI=1S/C45H44Cl2N10O7/c1-25(38-32(46)23-48-24-33(38)47)64-29-6-7-34-31(21-29)40(53-52-34)28-5-9-36(50-22-28)54-17-19-55(20-18-54)42(60)27-12-15-56(16-13-27)45(63)49-14-11-26-3-2-4-30-39(26)44(62)57(43(30)61)35-8-10-37(58)51-41(35)59/h2-7,9,21-25,27,35H,8,10-20H2,1H3,(H,49,63)(H,52,53)(H,51,58,59)/t25-,35?/m1/s1. The quantitative estimate of drug-likeness (QED) is 0.156. The lowest BCUT2D eigenvalue weighted by molar-refractivity contribution is -0.137. The summed E-state index contributed by atoms with van der Waals surface area (Å²) in [5.41, 5.74) is 4.07. The molecule has 4 aliphatic rings. The van der Waals surface area contributed by atoms with Crippen LogP contribution in [-0.2, 0) is 20.8 Å². The van der Waals surface area contributed by atoms with Crippen molar-refractivity contribution in [2.75, 3.05) is 50.7 Å². The zero-order valence-corrected chi connectivity index (χ0v) is 36.3. The maximum Gasteiger partial charge on any atom is 0.317 e. The Kier molecular flexibility index (Phi) is 11.9. The van der Waals surface area contributed by atoms with Crippen LogP contribution in [0.3, 0.4) is 0 Å². The van der Waals surface area contributed by atoms with Gasteiger partial charge in [-0.25, -0.2) is 9.78 Å². The van der Waals surface area contributed by atoms with Crippen LogP contribution in [0.1, 0.15) is 70.6 Å². The highest BCUT2D eigenvalue weighted by Crippen LogP contribution is 2.36. The van der Waals surface area contributed by atoms with Gasteiger partial charge >= 0.3 is 6.03 Å². The summed E-state index contributed by atoms with van der Waals surface area (Å²) in [7, 11) is 0. The number of aromatic nitrogens is 4. The van der Waals surface area contributed by atoms with Crippen LogP contribution in [0.2, 0.25) is 10.0 Å². The molecule has 3 aromatic heterocycles. The number of anilines is 1. The highest BCUT2D eigenvalue weighted by molar-refractivity contribution is 6.35. The zero-order chi connectivity index (χ0) is 44.6. The molecule has 4 aliphatic heterocycles. The Morgan fingerprint density at radius 1 is 0.891 bits per heavy atom. The summed E-state index contributed by atoms with van der Waals surface area (Å²) in [6, 6.07) is 13.3. The first-order chi connectivity index (χ1) is 30.9. The number of H-pyrrole nitrogens is 1. The van der Waals surface area contributed by atoms with E-state index in [1.165, 1.54) is 12.4 Å². The van der Waals surface area contributed by atoms with Crippen molar-refractivity contribution < 1.29 is 33.5 Å². The lowest BCUT2D eigenvalue weighted by Crippen LogP contribution is -2.54. The van der Waals surface area contributed by atoms with E-state index in [2.05, 4.69) is 30.7 Å². The number of benzene rings is 2. The minimum atomic E-state index is -1.05. The number of fused-ring (bicyclic) bond motifs is 2. The number of carbonyl (C=O) groups is 6. The van der Waals surface area contributed by atoms with Crippen LogP contribution in [0.25, 0.3) is 22.2 Å². The number of piperazine rings is 1. The smallest absolute Gasteiger partial charge is 0.317 e. The molecule has 2 atom stereocenters. The Balaban J connectivity index is 0.733. The molecule has 1 unspecified atom stereocenters. The monoisotopic (exact) mass is 906 g/mol. The van der Waals surface area contributed by atoms with Crippen LogP contribution in [0.5, 0.6) is 5.75 Å².